The first-order valence-electron chi connectivity index (χ1n) is 4.07. The average Bonchev–Trinajstić information content (AvgIpc) is 1.99. The molecular formula is C8H19NO2. The molecule has 0 radical (unpaired) electrons. The molecule has 0 aliphatic carbocycles. The van der Waals surface area contributed by atoms with E-state index in [0.29, 0.717) is 12.5 Å². The fraction of sp³-hybridized carbons (Fsp3) is 1.00. The molecule has 1 atom stereocenters. The highest BCUT2D eigenvalue weighted by Crippen LogP contribution is 1.97. The van der Waals surface area contributed by atoms with E-state index in [1.165, 1.54) is 0 Å². The maximum Gasteiger partial charge on any atom is 0.0783 e. The standard InChI is InChI=1S/C8H19NO2/c1-7(2)9(3)5-4-8(11)6-10/h7-8,10-11H,4-6H2,1-3H3. The molecule has 0 rings (SSSR count). The molecule has 0 saturated carbocycles. The van der Waals surface area contributed by atoms with Crippen molar-refractivity contribution < 1.29 is 10.2 Å². The van der Waals surface area contributed by atoms with Gasteiger partial charge < -0.3 is 15.1 Å². The molecule has 68 valence electrons. The zero-order valence-corrected chi connectivity index (χ0v) is 7.62. The van der Waals surface area contributed by atoms with Crippen molar-refractivity contribution in [1.82, 2.24) is 4.90 Å². The van der Waals surface area contributed by atoms with Crippen LogP contribution in [0.25, 0.3) is 0 Å². The third kappa shape index (κ3) is 5.18. The van der Waals surface area contributed by atoms with Crippen LogP contribution in [-0.4, -0.2) is 47.5 Å². The van der Waals surface area contributed by atoms with Crippen molar-refractivity contribution >= 4 is 0 Å². The Morgan fingerprint density at radius 2 is 1.91 bits per heavy atom. The Morgan fingerprint density at radius 1 is 1.36 bits per heavy atom. The van der Waals surface area contributed by atoms with Gasteiger partial charge in [-0.1, -0.05) is 0 Å². The topological polar surface area (TPSA) is 43.7 Å². The minimum Gasteiger partial charge on any atom is -0.394 e. The van der Waals surface area contributed by atoms with Crippen LogP contribution in [0.4, 0.5) is 0 Å². The maximum atomic E-state index is 9.01. The van der Waals surface area contributed by atoms with Crippen LogP contribution in [0.5, 0.6) is 0 Å². The van der Waals surface area contributed by atoms with Crippen molar-refractivity contribution in [2.45, 2.75) is 32.4 Å². The van der Waals surface area contributed by atoms with E-state index in [2.05, 4.69) is 18.7 Å². The molecule has 0 amide bonds. The summed E-state index contributed by atoms with van der Waals surface area (Å²) >= 11 is 0. The molecule has 0 spiro atoms. The third-order valence-electron chi connectivity index (χ3n) is 1.91. The first-order valence-corrected chi connectivity index (χ1v) is 4.07. The van der Waals surface area contributed by atoms with E-state index in [4.69, 9.17) is 10.2 Å². The lowest BCUT2D eigenvalue weighted by Crippen LogP contribution is -2.30. The molecular weight excluding hydrogens is 142 g/mol. The minimum absolute atomic E-state index is 0.133. The first-order chi connectivity index (χ1) is 5.07. The number of aliphatic hydroxyl groups is 2. The molecule has 3 nitrogen and oxygen atoms in total. The molecule has 0 aromatic heterocycles. The SMILES string of the molecule is CC(C)N(C)CCC(O)CO. The summed E-state index contributed by atoms with van der Waals surface area (Å²) in [6, 6.07) is 0.501. The zero-order chi connectivity index (χ0) is 8.85. The van der Waals surface area contributed by atoms with Crippen molar-refractivity contribution in [3.63, 3.8) is 0 Å². The van der Waals surface area contributed by atoms with Gasteiger partial charge in [0.2, 0.25) is 0 Å². The van der Waals surface area contributed by atoms with E-state index in [-0.39, 0.29) is 6.61 Å². The van der Waals surface area contributed by atoms with Gasteiger partial charge in [-0.15, -0.1) is 0 Å². The summed E-state index contributed by atoms with van der Waals surface area (Å²) < 4.78 is 0. The Bertz CT molecular complexity index is 96.1. The normalized spacial score (nSPS) is 14.5. The van der Waals surface area contributed by atoms with Crippen LogP contribution in [0.1, 0.15) is 20.3 Å². The lowest BCUT2D eigenvalue weighted by Gasteiger charge is -2.21. The minimum atomic E-state index is -0.559. The molecule has 0 saturated heterocycles. The lowest BCUT2D eigenvalue weighted by molar-refractivity contribution is 0.0770. The van der Waals surface area contributed by atoms with E-state index in [1.54, 1.807) is 0 Å². The fourth-order valence-corrected chi connectivity index (χ4v) is 0.702. The summed E-state index contributed by atoms with van der Waals surface area (Å²) in [5, 5.41) is 17.5. The molecule has 0 heterocycles. The van der Waals surface area contributed by atoms with Gasteiger partial charge in [0.25, 0.3) is 0 Å². The highest BCUT2D eigenvalue weighted by atomic mass is 16.3. The van der Waals surface area contributed by atoms with Crippen molar-refractivity contribution in [2.24, 2.45) is 0 Å². The molecule has 3 heteroatoms. The van der Waals surface area contributed by atoms with Crippen molar-refractivity contribution in [3.05, 3.63) is 0 Å². The number of nitrogens with zero attached hydrogens (tertiary/aromatic N) is 1. The summed E-state index contributed by atoms with van der Waals surface area (Å²) in [4.78, 5) is 2.14. The number of rotatable bonds is 5. The highest BCUT2D eigenvalue weighted by molar-refractivity contribution is 4.60. The second-order valence-electron chi connectivity index (χ2n) is 3.20. The second-order valence-corrected chi connectivity index (χ2v) is 3.20. The number of hydrogen-bond donors (Lipinski definition) is 2. The molecule has 0 aromatic rings. The maximum absolute atomic E-state index is 9.01. The van der Waals surface area contributed by atoms with Crippen molar-refractivity contribution in [1.29, 1.82) is 0 Å². The Labute approximate surface area is 68.6 Å². The van der Waals surface area contributed by atoms with Crippen LogP contribution < -0.4 is 0 Å². The second kappa shape index (κ2) is 5.52. The van der Waals surface area contributed by atoms with Gasteiger partial charge in [0.15, 0.2) is 0 Å². The summed E-state index contributed by atoms with van der Waals surface area (Å²) in [6.45, 7) is 4.90. The van der Waals surface area contributed by atoms with E-state index in [0.717, 1.165) is 6.54 Å². The smallest absolute Gasteiger partial charge is 0.0783 e. The Hall–Kier alpha value is -0.120. The molecule has 0 fully saturated rings. The molecule has 0 aliphatic heterocycles. The van der Waals surface area contributed by atoms with Gasteiger partial charge in [0.05, 0.1) is 12.7 Å². The molecule has 11 heavy (non-hydrogen) atoms. The van der Waals surface area contributed by atoms with Crippen LogP contribution in [-0.2, 0) is 0 Å². The van der Waals surface area contributed by atoms with Gasteiger partial charge in [0, 0.05) is 12.6 Å². The zero-order valence-electron chi connectivity index (χ0n) is 7.62. The Morgan fingerprint density at radius 3 is 2.27 bits per heavy atom. The van der Waals surface area contributed by atoms with Crippen molar-refractivity contribution in [2.75, 3.05) is 20.2 Å². The van der Waals surface area contributed by atoms with Gasteiger partial charge in [-0.3, -0.25) is 0 Å². The van der Waals surface area contributed by atoms with Gasteiger partial charge >= 0.3 is 0 Å². The first kappa shape index (κ1) is 10.9. The summed E-state index contributed by atoms with van der Waals surface area (Å²) in [5.41, 5.74) is 0. The predicted octanol–water partition coefficient (Wildman–Crippen LogP) is 0.0699. The van der Waals surface area contributed by atoms with E-state index < -0.39 is 6.10 Å². The van der Waals surface area contributed by atoms with Crippen LogP contribution in [0.15, 0.2) is 0 Å². The van der Waals surface area contributed by atoms with Crippen LogP contribution in [0.3, 0.4) is 0 Å². The highest BCUT2D eigenvalue weighted by Gasteiger charge is 2.06. The van der Waals surface area contributed by atoms with E-state index in [1.807, 2.05) is 7.05 Å². The van der Waals surface area contributed by atoms with Crippen LogP contribution >= 0.6 is 0 Å². The quantitative estimate of drug-likeness (QED) is 0.599. The van der Waals surface area contributed by atoms with Gasteiger partial charge in [-0.05, 0) is 27.3 Å². The van der Waals surface area contributed by atoms with Crippen LogP contribution in [0.2, 0.25) is 0 Å². The van der Waals surface area contributed by atoms with Gasteiger partial charge in [-0.25, -0.2) is 0 Å². The summed E-state index contributed by atoms with van der Waals surface area (Å²) in [5.74, 6) is 0. The summed E-state index contributed by atoms with van der Waals surface area (Å²) in [6.07, 6.45) is 0.0850. The van der Waals surface area contributed by atoms with Gasteiger partial charge in [0.1, 0.15) is 0 Å². The van der Waals surface area contributed by atoms with Crippen molar-refractivity contribution in [3.8, 4) is 0 Å². The third-order valence-corrected chi connectivity index (χ3v) is 1.91. The average molecular weight is 161 g/mol. The molecule has 0 aliphatic rings. The largest absolute Gasteiger partial charge is 0.394 e. The monoisotopic (exact) mass is 161 g/mol. The van der Waals surface area contributed by atoms with E-state index in [9.17, 15) is 0 Å². The van der Waals surface area contributed by atoms with Crippen LogP contribution in [0, 0.1) is 0 Å². The molecule has 0 aromatic carbocycles. The molecule has 1 unspecified atom stereocenters. The molecule has 2 N–H and O–H groups in total. The lowest BCUT2D eigenvalue weighted by atomic mass is 10.2. The Kier molecular flexibility index (Phi) is 5.46. The fourth-order valence-electron chi connectivity index (χ4n) is 0.702. The predicted molar refractivity (Wildman–Crippen MR) is 45.5 cm³/mol. The summed E-state index contributed by atoms with van der Waals surface area (Å²) in [7, 11) is 2.01. The van der Waals surface area contributed by atoms with Gasteiger partial charge in [-0.2, -0.15) is 0 Å². The number of aliphatic hydroxyl groups excluding tert-OH is 2. The van der Waals surface area contributed by atoms with E-state index >= 15 is 0 Å². The molecule has 0 bridgehead atoms. The Balaban J connectivity index is 3.37. The number of hydrogen-bond acceptors (Lipinski definition) is 3.